The Morgan fingerprint density at radius 1 is 1.19 bits per heavy atom. The highest BCUT2D eigenvalue weighted by Crippen LogP contribution is 2.25. The van der Waals surface area contributed by atoms with Crippen LogP contribution in [-0.2, 0) is 16.1 Å². The van der Waals surface area contributed by atoms with E-state index in [0.717, 1.165) is 43.3 Å². The second kappa shape index (κ2) is 9.62. The van der Waals surface area contributed by atoms with E-state index >= 15 is 0 Å². The zero-order valence-electron chi connectivity index (χ0n) is 16.5. The molecule has 1 unspecified atom stereocenters. The largest absolute Gasteiger partial charge is 0.370 e. The zero-order valence-corrected chi connectivity index (χ0v) is 16.5. The van der Waals surface area contributed by atoms with Crippen molar-refractivity contribution in [3.63, 3.8) is 0 Å². The number of ether oxygens (including phenoxy) is 1. The highest BCUT2D eigenvalue weighted by Gasteiger charge is 2.42. The van der Waals surface area contributed by atoms with Gasteiger partial charge in [0.25, 0.3) is 5.91 Å². The number of amides is 1. The zero-order chi connectivity index (χ0) is 19.1. The minimum atomic E-state index is -0.225. The van der Waals surface area contributed by atoms with Crippen LogP contribution in [0.1, 0.15) is 37.7 Å². The summed E-state index contributed by atoms with van der Waals surface area (Å²) in [6.07, 6.45) is 6.22. The van der Waals surface area contributed by atoms with Gasteiger partial charge < -0.3 is 19.9 Å². The van der Waals surface area contributed by atoms with Crippen LogP contribution in [-0.4, -0.2) is 57.9 Å². The van der Waals surface area contributed by atoms with Gasteiger partial charge in [-0.15, -0.1) is 0 Å². The van der Waals surface area contributed by atoms with E-state index in [1.54, 1.807) is 17.0 Å². The van der Waals surface area contributed by atoms with Crippen LogP contribution in [0.15, 0.2) is 24.3 Å². The highest BCUT2D eigenvalue weighted by atomic mass is 19.1. The summed E-state index contributed by atoms with van der Waals surface area (Å²) in [7, 11) is 2.01. The Balaban J connectivity index is 1.50. The molecule has 0 aromatic heterocycles. The second-order valence-electron chi connectivity index (χ2n) is 8.27. The summed E-state index contributed by atoms with van der Waals surface area (Å²) in [6, 6.07) is 6.52. The van der Waals surface area contributed by atoms with Gasteiger partial charge in [0.05, 0.1) is 26.8 Å². The number of likely N-dealkylation sites (N-methyl/N-ethyl adjacent to an activating group) is 1. The van der Waals surface area contributed by atoms with Crippen LogP contribution >= 0.6 is 0 Å². The molecule has 1 atom stereocenters. The minimum absolute atomic E-state index is 0.104. The van der Waals surface area contributed by atoms with E-state index < -0.39 is 0 Å². The van der Waals surface area contributed by atoms with Crippen LogP contribution in [0.3, 0.4) is 0 Å². The number of carbonyl (C=O) groups is 1. The Labute approximate surface area is 161 Å². The van der Waals surface area contributed by atoms with Gasteiger partial charge in [-0.25, -0.2) is 4.39 Å². The number of hydrogen-bond acceptors (Lipinski definition) is 2. The molecule has 1 aliphatic heterocycles. The fraction of sp³-hybridized carbons (Fsp3) is 0.667. The molecule has 1 aromatic rings. The lowest BCUT2D eigenvalue weighted by Crippen LogP contribution is -3.23. The predicted octanol–water partition coefficient (Wildman–Crippen LogP) is -0.425. The van der Waals surface area contributed by atoms with E-state index in [4.69, 9.17) is 4.74 Å². The van der Waals surface area contributed by atoms with E-state index in [1.165, 1.54) is 44.2 Å². The van der Waals surface area contributed by atoms with Gasteiger partial charge in [-0.3, -0.25) is 4.79 Å². The van der Waals surface area contributed by atoms with Crippen LogP contribution in [0.2, 0.25) is 0 Å². The fourth-order valence-corrected chi connectivity index (χ4v) is 4.65. The number of nitrogens with one attached hydrogen (secondary N) is 3. The number of halogens is 1. The Hall–Kier alpha value is -1.50. The van der Waals surface area contributed by atoms with Gasteiger partial charge in [-0.05, 0) is 25.0 Å². The van der Waals surface area contributed by atoms with Crippen LogP contribution in [0.4, 0.5) is 4.39 Å². The standard InChI is InChI=1S/C21H32FN3O2/c1-24(15-18-5-7-19(22)8-6-18)16-20(26)23-17-21(9-3-2-4-10-21)25-11-13-27-14-12-25/h5-8H,2-4,9-17H2,1H3,(H,23,26)/p+2. The molecule has 1 saturated carbocycles. The molecular weight excluding hydrogens is 345 g/mol. The van der Waals surface area contributed by atoms with Crippen molar-refractivity contribution in [3.8, 4) is 0 Å². The molecule has 1 aromatic carbocycles. The van der Waals surface area contributed by atoms with Crippen LogP contribution in [0, 0.1) is 5.82 Å². The topological polar surface area (TPSA) is 47.2 Å². The summed E-state index contributed by atoms with van der Waals surface area (Å²) >= 11 is 0. The van der Waals surface area contributed by atoms with Gasteiger partial charge in [0.2, 0.25) is 0 Å². The van der Waals surface area contributed by atoms with Gasteiger partial charge in [-0.1, -0.05) is 18.6 Å². The van der Waals surface area contributed by atoms with Crippen molar-refractivity contribution in [3.05, 3.63) is 35.6 Å². The molecule has 150 valence electrons. The highest BCUT2D eigenvalue weighted by molar-refractivity contribution is 5.76. The third-order valence-electron chi connectivity index (χ3n) is 6.16. The Kier molecular flexibility index (Phi) is 7.21. The molecule has 2 fully saturated rings. The summed E-state index contributed by atoms with van der Waals surface area (Å²) in [5.74, 6) is -0.121. The molecule has 0 bridgehead atoms. The van der Waals surface area contributed by atoms with Gasteiger partial charge >= 0.3 is 0 Å². The molecule has 5 nitrogen and oxygen atoms in total. The fourth-order valence-electron chi connectivity index (χ4n) is 4.65. The minimum Gasteiger partial charge on any atom is -0.370 e. The van der Waals surface area contributed by atoms with Crippen LogP contribution in [0.5, 0.6) is 0 Å². The second-order valence-corrected chi connectivity index (χ2v) is 8.27. The Morgan fingerprint density at radius 2 is 1.85 bits per heavy atom. The number of quaternary nitrogens is 2. The average Bonchev–Trinajstić information content (AvgIpc) is 2.69. The average molecular weight is 380 g/mol. The summed E-state index contributed by atoms with van der Waals surface area (Å²) in [6.45, 7) is 5.67. The van der Waals surface area contributed by atoms with Gasteiger partial charge in [0.15, 0.2) is 6.54 Å². The molecule has 0 radical (unpaired) electrons. The first-order valence-corrected chi connectivity index (χ1v) is 10.3. The molecule has 3 N–H and O–H groups in total. The molecule has 1 amide bonds. The molecule has 1 saturated heterocycles. The molecule has 1 heterocycles. The van der Waals surface area contributed by atoms with Gasteiger partial charge in [0.1, 0.15) is 31.0 Å². The lowest BCUT2D eigenvalue weighted by molar-refractivity contribution is -0.960. The van der Waals surface area contributed by atoms with Crippen LogP contribution in [0.25, 0.3) is 0 Å². The van der Waals surface area contributed by atoms with E-state index in [0.29, 0.717) is 13.1 Å². The van der Waals surface area contributed by atoms with Crippen molar-refractivity contribution in [2.24, 2.45) is 0 Å². The molecule has 6 heteroatoms. The van der Waals surface area contributed by atoms with Crippen molar-refractivity contribution in [1.82, 2.24) is 5.32 Å². The number of carbonyl (C=O) groups excluding carboxylic acids is 1. The summed E-state index contributed by atoms with van der Waals surface area (Å²) in [5, 5.41) is 3.23. The third-order valence-corrected chi connectivity index (χ3v) is 6.16. The molecule has 3 rings (SSSR count). The first kappa shape index (κ1) is 20.2. The number of hydrogen-bond donors (Lipinski definition) is 3. The molecule has 1 aliphatic carbocycles. The van der Waals surface area contributed by atoms with Crippen molar-refractivity contribution < 1.29 is 23.7 Å². The lowest BCUT2D eigenvalue weighted by atomic mass is 9.79. The third kappa shape index (κ3) is 5.74. The maximum Gasteiger partial charge on any atom is 0.275 e. The van der Waals surface area contributed by atoms with Crippen LogP contribution < -0.4 is 15.1 Å². The molecule has 0 spiro atoms. The van der Waals surface area contributed by atoms with E-state index in [-0.39, 0.29) is 17.3 Å². The van der Waals surface area contributed by atoms with Gasteiger partial charge in [0, 0.05) is 18.4 Å². The smallest absolute Gasteiger partial charge is 0.275 e. The van der Waals surface area contributed by atoms with Crippen molar-refractivity contribution in [2.45, 2.75) is 44.2 Å². The van der Waals surface area contributed by atoms with Crippen molar-refractivity contribution in [1.29, 1.82) is 0 Å². The monoisotopic (exact) mass is 379 g/mol. The summed E-state index contributed by atoms with van der Waals surface area (Å²) < 4.78 is 18.6. The number of morpholine rings is 1. The first-order valence-electron chi connectivity index (χ1n) is 10.3. The Morgan fingerprint density at radius 3 is 2.52 bits per heavy atom. The summed E-state index contributed by atoms with van der Waals surface area (Å²) in [5.41, 5.74) is 1.23. The van der Waals surface area contributed by atoms with E-state index in [9.17, 15) is 9.18 Å². The number of rotatable bonds is 7. The SMILES string of the molecule is C[NH+](CC(=O)NCC1([NH+]2CCOCC2)CCCCC1)Cc1ccc(F)cc1. The van der Waals surface area contributed by atoms with Crippen molar-refractivity contribution in [2.75, 3.05) is 46.4 Å². The maximum absolute atomic E-state index is 13.0. The van der Waals surface area contributed by atoms with Gasteiger partial charge in [-0.2, -0.15) is 0 Å². The lowest BCUT2D eigenvalue weighted by Gasteiger charge is -2.45. The predicted molar refractivity (Wildman–Crippen MR) is 102 cm³/mol. The summed E-state index contributed by atoms with van der Waals surface area (Å²) in [4.78, 5) is 15.3. The molecular formula is C21H34FN3O2+2. The molecule has 2 aliphatic rings. The Bertz CT molecular complexity index is 596. The quantitative estimate of drug-likeness (QED) is 0.602. The molecule has 27 heavy (non-hydrogen) atoms. The van der Waals surface area contributed by atoms with E-state index in [2.05, 4.69) is 5.32 Å². The first-order chi connectivity index (χ1) is 13.1. The van der Waals surface area contributed by atoms with Crippen molar-refractivity contribution >= 4 is 5.91 Å². The normalized spacial score (nSPS) is 21.6. The van der Waals surface area contributed by atoms with E-state index in [1.807, 2.05) is 7.05 Å². The number of benzene rings is 1. The maximum atomic E-state index is 13.0.